The quantitative estimate of drug-likeness (QED) is 0.792. The van der Waals surface area contributed by atoms with Crippen molar-refractivity contribution in [2.24, 2.45) is 5.92 Å². The van der Waals surface area contributed by atoms with Crippen LogP contribution >= 0.6 is 6.72 Å². The van der Waals surface area contributed by atoms with Gasteiger partial charge in [0.15, 0.2) is 0 Å². The van der Waals surface area contributed by atoms with E-state index in [-0.39, 0.29) is 12.5 Å². The van der Waals surface area contributed by atoms with Gasteiger partial charge in [-0.1, -0.05) is 12.1 Å². The smallest absolute Gasteiger partial charge is 0.321 e. The van der Waals surface area contributed by atoms with E-state index in [2.05, 4.69) is 27.8 Å². The number of pyridine rings is 1. The van der Waals surface area contributed by atoms with Gasteiger partial charge in [-0.15, -0.1) is 0 Å². The highest BCUT2D eigenvalue weighted by atomic mass is 32.5. The molecule has 1 fully saturated rings. The van der Waals surface area contributed by atoms with Crippen LogP contribution in [0.15, 0.2) is 24.4 Å². The summed E-state index contributed by atoms with van der Waals surface area (Å²) in [7, 11) is 0. The second-order valence-corrected chi connectivity index (χ2v) is 9.04. The van der Waals surface area contributed by atoms with Gasteiger partial charge in [0.2, 0.25) is 0 Å². The highest BCUT2D eigenvalue weighted by Gasteiger charge is 2.24. The van der Waals surface area contributed by atoms with Crippen molar-refractivity contribution < 1.29 is 14.3 Å². The van der Waals surface area contributed by atoms with Gasteiger partial charge in [0.25, 0.3) is 0 Å². The third kappa shape index (κ3) is 4.35. The van der Waals surface area contributed by atoms with Gasteiger partial charge >= 0.3 is 6.72 Å². The lowest BCUT2D eigenvalue weighted by Crippen LogP contribution is -2.35. The predicted octanol–water partition coefficient (Wildman–Crippen LogP) is 2.86. The van der Waals surface area contributed by atoms with Crippen molar-refractivity contribution in [3.8, 4) is 6.07 Å². The Labute approximate surface area is 151 Å². The summed E-state index contributed by atoms with van der Waals surface area (Å²) >= 11 is 4.50. The van der Waals surface area contributed by atoms with E-state index < -0.39 is 6.72 Å². The molecule has 132 valence electrons. The van der Waals surface area contributed by atoms with Crippen LogP contribution in [-0.4, -0.2) is 34.5 Å². The summed E-state index contributed by atoms with van der Waals surface area (Å²) in [5.41, 5.74) is 3.53. The molecule has 1 saturated heterocycles. The molecule has 2 heterocycles. The first-order valence-corrected chi connectivity index (χ1v) is 10.7. The van der Waals surface area contributed by atoms with Crippen molar-refractivity contribution in [2.75, 3.05) is 24.6 Å². The minimum Gasteiger partial charge on any atom is -0.370 e. The lowest BCUT2D eigenvalue weighted by atomic mass is 9.96. The number of nitrogens with zero attached hydrogens (tertiary/aromatic N) is 3. The van der Waals surface area contributed by atoms with Gasteiger partial charge in [-0.05, 0) is 49.1 Å². The highest BCUT2D eigenvalue weighted by Crippen LogP contribution is 2.38. The monoisotopic (exact) mass is 377 g/mol. The summed E-state index contributed by atoms with van der Waals surface area (Å²) < 4.78 is 4.99. The molecule has 1 aromatic heterocycles. The molecule has 0 unspecified atom stereocenters. The fourth-order valence-electron chi connectivity index (χ4n) is 3.24. The summed E-state index contributed by atoms with van der Waals surface area (Å²) in [6.45, 7) is 0.245. The normalized spacial score (nSPS) is 16.2. The first-order valence-electron chi connectivity index (χ1n) is 8.12. The molecule has 0 spiro atoms. The molecule has 0 bridgehead atoms. The Kier molecular flexibility index (Phi) is 5.38. The number of aromatic nitrogens is 1. The largest absolute Gasteiger partial charge is 0.370 e. The van der Waals surface area contributed by atoms with Crippen molar-refractivity contribution in [3.05, 3.63) is 35.5 Å². The zero-order valence-electron chi connectivity index (χ0n) is 13.9. The molecule has 0 saturated carbocycles. The first kappa shape index (κ1) is 18.2. The molecular weight excluding hydrogens is 357 g/mol. The van der Waals surface area contributed by atoms with Gasteiger partial charge in [0, 0.05) is 24.7 Å². The Balaban J connectivity index is 1.81. The standard InChI is InChI=1S/C17H20N3O3PS/c1-12-2-3-15-16(8-12)19-10-14(9-18)17(15)20-6-4-13(5-7-20)11-23-24(21,22)25/h2-3,8,10,13H,4-7,11H2,1H3,(H2,21,22,25). The summed E-state index contributed by atoms with van der Waals surface area (Å²) in [6, 6.07) is 8.33. The van der Waals surface area contributed by atoms with Crippen molar-refractivity contribution >= 4 is 35.1 Å². The van der Waals surface area contributed by atoms with Crippen LogP contribution < -0.4 is 4.90 Å². The Morgan fingerprint density at radius 3 is 2.76 bits per heavy atom. The van der Waals surface area contributed by atoms with Crippen LogP contribution in [0.3, 0.4) is 0 Å². The number of hydrogen-bond donors (Lipinski definition) is 2. The zero-order chi connectivity index (χ0) is 18.0. The minimum atomic E-state index is -3.59. The predicted molar refractivity (Wildman–Crippen MR) is 101 cm³/mol. The molecule has 0 aliphatic carbocycles. The minimum absolute atomic E-state index is 0.235. The number of rotatable bonds is 4. The van der Waals surface area contributed by atoms with Crippen LogP contribution in [0, 0.1) is 24.2 Å². The van der Waals surface area contributed by atoms with E-state index in [1.165, 1.54) is 0 Å². The molecule has 2 N–H and O–H groups in total. The average Bonchev–Trinajstić information content (AvgIpc) is 2.58. The molecule has 8 heteroatoms. The molecule has 1 aliphatic heterocycles. The van der Waals surface area contributed by atoms with Gasteiger partial charge in [-0.3, -0.25) is 4.98 Å². The molecule has 0 amide bonds. The van der Waals surface area contributed by atoms with E-state index in [1.807, 2.05) is 25.1 Å². The molecule has 1 aliphatic rings. The Morgan fingerprint density at radius 1 is 1.40 bits per heavy atom. The molecular formula is C17H20N3O3PS. The molecule has 2 aromatic rings. The SMILES string of the molecule is Cc1ccc2c(N3CCC(COP(O)(O)=S)CC3)c(C#N)cnc2c1. The van der Waals surface area contributed by atoms with Crippen molar-refractivity contribution in [3.63, 3.8) is 0 Å². The second-order valence-electron chi connectivity index (χ2n) is 6.37. The number of anilines is 1. The molecule has 0 atom stereocenters. The summed E-state index contributed by atoms with van der Waals surface area (Å²) in [4.78, 5) is 25.0. The topological polar surface area (TPSA) is 89.6 Å². The van der Waals surface area contributed by atoms with Crippen LogP contribution in [0.1, 0.15) is 24.0 Å². The van der Waals surface area contributed by atoms with Gasteiger partial charge < -0.3 is 19.2 Å². The Morgan fingerprint density at radius 2 is 2.12 bits per heavy atom. The number of nitriles is 1. The van der Waals surface area contributed by atoms with Gasteiger partial charge in [0.1, 0.15) is 6.07 Å². The maximum absolute atomic E-state index is 9.49. The first-order chi connectivity index (χ1) is 11.9. The van der Waals surface area contributed by atoms with E-state index >= 15 is 0 Å². The summed E-state index contributed by atoms with van der Waals surface area (Å²) in [5.74, 6) is 0.235. The fourth-order valence-corrected chi connectivity index (χ4v) is 3.82. The Hall–Kier alpha value is -1.55. The number of aryl methyl sites for hydroxylation is 1. The highest BCUT2D eigenvalue weighted by molar-refractivity contribution is 8.06. The van der Waals surface area contributed by atoms with Crippen LogP contribution in [0.5, 0.6) is 0 Å². The van der Waals surface area contributed by atoms with Crippen LogP contribution in [0.25, 0.3) is 10.9 Å². The van der Waals surface area contributed by atoms with E-state index in [9.17, 15) is 15.0 Å². The van der Waals surface area contributed by atoms with E-state index in [1.54, 1.807) is 6.20 Å². The average molecular weight is 377 g/mol. The van der Waals surface area contributed by atoms with Crippen LogP contribution in [0.2, 0.25) is 0 Å². The number of benzene rings is 1. The summed E-state index contributed by atoms with van der Waals surface area (Å²) in [6.07, 6.45) is 3.33. The molecule has 25 heavy (non-hydrogen) atoms. The Bertz CT molecular complexity index is 869. The second kappa shape index (κ2) is 7.36. The molecule has 3 rings (SSSR count). The maximum atomic E-state index is 9.49. The molecule has 1 aromatic carbocycles. The zero-order valence-corrected chi connectivity index (χ0v) is 15.6. The lowest BCUT2D eigenvalue weighted by Gasteiger charge is -2.34. The van der Waals surface area contributed by atoms with Gasteiger partial charge in [0.05, 0.1) is 23.4 Å². The third-order valence-corrected chi connectivity index (χ3v) is 5.33. The van der Waals surface area contributed by atoms with Crippen LogP contribution in [-0.2, 0) is 16.3 Å². The lowest BCUT2D eigenvalue weighted by molar-refractivity contribution is 0.191. The van der Waals surface area contributed by atoms with Crippen molar-refractivity contribution in [1.82, 2.24) is 4.98 Å². The van der Waals surface area contributed by atoms with E-state index in [0.717, 1.165) is 48.1 Å². The van der Waals surface area contributed by atoms with E-state index in [4.69, 9.17) is 4.52 Å². The third-order valence-electron chi connectivity index (χ3n) is 4.53. The van der Waals surface area contributed by atoms with Crippen LogP contribution in [0.4, 0.5) is 5.69 Å². The van der Waals surface area contributed by atoms with Gasteiger partial charge in [-0.2, -0.15) is 5.26 Å². The number of hydrogen-bond acceptors (Lipinski definition) is 5. The van der Waals surface area contributed by atoms with Crippen molar-refractivity contribution in [2.45, 2.75) is 19.8 Å². The maximum Gasteiger partial charge on any atom is 0.321 e. The van der Waals surface area contributed by atoms with E-state index in [0.29, 0.717) is 5.56 Å². The number of fused-ring (bicyclic) bond motifs is 1. The fraction of sp³-hybridized carbons (Fsp3) is 0.412. The molecule has 0 radical (unpaired) electrons. The summed E-state index contributed by atoms with van der Waals surface area (Å²) in [5, 5.41) is 10.5. The van der Waals surface area contributed by atoms with Gasteiger partial charge in [-0.25, -0.2) is 0 Å². The number of piperidine rings is 1. The van der Waals surface area contributed by atoms with Crippen molar-refractivity contribution in [1.29, 1.82) is 5.26 Å². The molecule has 6 nitrogen and oxygen atoms in total.